The lowest BCUT2D eigenvalue weighted by Crippen LogP contribution is -2.39. The molecule has 0 saturated heterocycles. The van der Waals surface area contributed by atoms with Gasteiger partial charge in [0.25, 0.3) is 5.56 Å². The second-order valence-electron chi connectivity index (χ2n) is 6.15. The van der Waals surface area contributed by atoms with E-state index < -0.39 is 5.60 Å². The molecule has 0 aliphatic heterocycles. The van der Waals surface area contributed by atoms with Gasteiger partial charge in [0, 0.05) is 19.7 Å². The van der Waals surface area contributed by atoms with E-state index in [1.807, 2.05) is 0 Å². The Morgan fingerprint density at radius 3 is 2.53 bits per heavy atom. The average molecular weight is 265 g/mol. The molecule has 19 heavy (non-hydrogen) atoms. The van der Waals surface area contributed by atoms with Crippen molar-refractivity contribution in [3.8, 4) is 0 Å². The number of nitrogens with zero attached hydrogens (tertiary/aromatic N) is 1. The van der Waals surface area contributed by atoms with Crippen LogP contribution in [0.1, 0.15) is 51.0 Å². The summed E-state index contributed by atoms with van der Waals surface area (Å²) in [6.45, 7) is 4.79. The lowest BCUT2D eigenvalue weighted by molar-refractivity contribution is -0.0732. The number of nitrogens with two attached hydrogens (primary N) is 1. The minimum absolute atomic E-state index is 0.160. The molecule has 1 heterocycles. The van der Waals surface area contributed by atoms with E-state index in [-0.39, 0.29) is 12.1 Å². The van der Waals surface area contributed by atoms with Crippen molar-refractivity contribution in [1.29, 1.82) is 0 Å². The molecule has 0 atom stereocenters. The van der Waals surface area contributed by atoms with Crippen molar-refractivity contribution in [1.82, 2.24) is 9.97 Å². The Balaban J connectivity index is 2.37. The van der Waals surface area contributed by atoms with Gasteiger partial charge in [0.2, 0.25) is 0 Å². The van der Waals surface area contributed by atoms with Crippen molar-refractivity contribution < 1.29 is 4.74 Å². The molecule has 1 aliphatic carbocycles. The standard InChI is InChI=1S/C14H23N3O2/c1-13(2)4-6-14(19-3,7-5-13)12-16-10(9-15)8-11(18)17-12/h8H,4-7,9,15H2,1-3H3,(H,16,17,18). The first-order chi connectivity index (χ1) is 8.91. The van der Waals surface area contributed by atoms with Crippen LogP contribution in [-0.4, -0.2) is 17.1 Å². The van der Waals surface area contributed by atoms with Crippen LogP contribution >= 0.6 is 0 Å². The maximum Gasteiger partial charge on any atom is 0.251 e. The van der Waals surface area contributed by atoms with Crippen molar-refractivity contribution in [3.05, 3.63) is 27.9 Å². The minimum atomic E-state index is -0.472. The second-order valence-corrected chi connectivity index (χ2v) is 6.15. The highest BCUT2D eigenvalue weighted by atomic mass is 16.5. The van der Waals surface area contributed by atoms with E-state index in [0.717, 1.165) is 25.7 Å². The highest BCUT2D eigenvalue weighted by Crippen LogP contribution is 2.45. The van der Waals surface area contributed by atoms with Crippen LogP contribution in [0.3, 0.4) is 0 Å². The van der Waals surface area contributed by atoms with E-state index in [9.17, 15) is 4.79 Å². The molecule has 106 valence electrons. The topological polar surface area (TPSA) is 81.0 Å². The van der Waals surface area contributed by atoms with Crippen molar-refractivity contribution >= 4 is 0 Å². The molecule has 5 nitrogen and oxygen atoms in total. The molecule has 1 saturated carbocycles. The van der Waals surface area contributed by atoms with Crippen LogP contribution in [0.4, 0.5) is 0 Å². The molecule has 5 heteroatoms. The third kappa shape index (κ3) is 2.87. The first kappa shape index (κ1) is 14.2. The van der Waals surface area contributed by atoms with Crippen LogP contribution in [0.25, 0.3) is 0 Å². The fourth-order valence-electron chi connectivity index (χ4n) is 2.70. The van der Waals surface area contributed by atoms with Gasteiger partial charge in [-0.25, -0.2) is 4.98 Å². The fourth-order valence-corrected chi connectivity index (χ4v) is 2.70. The summed E-state index contributed by atoms with van der Waals surface area (Å²) in [6.07, 6.45) is 3.84. The summed E-state index contributed by atoms with van der Waals surface area (Å²) in [5, 5.41) is 0. The van der Waals surface area contributed by atoms with E-state index in [1.54, 1.807) is 7.11 Å². The molecule has 0 spiro atoms. The number of nitrogens with one attached hydrogen (secondary N) is 1. The summed E-state index contributed by atoms with van der Waals surface area (Å²) in [4.78, 5) is 19.0. The number of ether oxygens (including phenoxy) is 1. The van der Waals surface area contributed by atoms with Gasteiger partial charge in [-0.3, -0.25) is 4.79 Å². The van der Waals surface area contributed by atoms with Crippen LogP contribution < -0.4 is 11.3 Å². The van der Waals surface area contributed by atoms with Gasteiger partial charge in [-0.05, 0) is 31.1 Å². The van der Waals surface area contributed by atoms with E-state index in [1.165, 1.54) is 6.07 Å². The first-order valence-electron chi connectivity index (χ1n) is 6.77. The average Bonchev–Trinajstić information content (AvgIpc) is 2.38. The summed E-state index contributed by atoms with van der Waals surface area (Å²) < 4.78 is 5.74. The molecule has 2 rings (SSSR count). The van der Waals surface area contributed by atoms with Crippen LogP contribution in [0, 0.1) is 5.41 Å². The Morgan fingerprint density at radius 1 is 1.37 bits per heavy atom. The van der Waals surface area contributed by atoms with Crippen molar-refractivity contribution in [2.24, 2.45) is 11.1 Å². The summed E-state index contributed by atoms with van der Waals surface area (Å²) in [7, 11) is 1.69. The maximum absolute atomic E-state index is 11.7. The maximum atomic E-state index is 11.7. The van der Waals surface area contributed by atoms with Crippen molar-refractivity contribution in [2.75, 3.05) is 7.11 Å². The molecule has 0 radical (unpaired) electrons. The molecule has 3 N–H and O–H groups in total. The SMILES string of the molecule is COC1(c2nc(CN)cc(=O)[nH]2)CCC(C)(C)CC1. The zero-order chi connectivity index (χ0) is 14.1. The van der Waals surface area contributed by atoms with Crippen molar-refractivity contribution in [2.45, 2.75) is 51.7 Å². The zero-order valence-electron chi connectivity index (χ0n) is 12.0. The van der Waals surface area contributed by atoms with Gasteiger partial charge in [0.15, 0.2) is 0 Å². The molecule has 0 aromatic carbocycles. The van der Waals surface area contributed by atoms with E-state index >= 15 is 0 Å². The third-order valence-corrected chi connectivity index (χ3v) is 4.24. The lowest BCUT2D eigenvalue weighted by atomic mass is 9.70. The number of H-pyrrole nitrogens is 1. The Labute approximate surface area is 113 Å². The molecular formula is C14H23N3O2. The Bertz CT molecular complexity index is 498. The number of methoxy groups -OCH3 is 1. The van der Waals surface area contributed by atoms with Crippen LogP contribution in [0.15, 0.2) is 10.9 Å². The minimum Gasteiger partial charge on any atom is -0.370 e. The Morgan fingerprint density at radius 2 is 2.00 bits per heavy atom. The number of hydrogen-bond acceptors (Lipinski definition) is 4. The molecule has 0 amide bonds. The molecule has 0 unspecified atom stereocenters. The van der Waals surface area contributed by atoms with Crippen LogP contribution in [-0.2, 0) is 16.9 Å². The van der Waals surface area contributed by atoms with E-state index in [0.29, 0.717) is 16.9 Å². The Kier molecular flexibility index (Phi) is 3.78. The van der Waals surface area contributed by atoms with Gasteiger partial charge < -0.3 is 15.5 Å². The predicted octanol–water partition coefficient (Wildman–Crippen LogP) is 1.67. The van der Waals surface area contributed by atoms with E-state index in [2.05, 4.69) is 23.8 Å². The summed E-state index contributed by atoms with van der Waals surface area (Å²) in [5.74, 6) is 0.624. The van der Waals surface area contributed by atoms with E-state index in [4.69, 9.17) is 10.5 Å². The lowest BCUT2D eigenvalue weighted by Gasteiger charge is -2.41. The normalized spacial score (nSPS) is 21.3. The van der Waals surface area contributed by atoms with Gasteiger partial charge in [-0.15, -0.1) is 0 Å². The van der Waals surface area contributed by atoms with Crippen molar-refractivity contribution in [3.63, 3.8) is 0 Å². The van der Waals surface area contributed by atoms with Gasteiger partial charge in [-0.2, -0.15) is 0 Å². The summed E-state index contributed by atoms with van der Waals surface area (Å²) >= 11 is 0. The highest BCUT2D eigenvalue weighted by molar-refractivity contribution is 5.10. The number of aromatic amines is 1. The smallest absolute Gasteiger partial charge is 0.251 e. The zero-order valence-corrected chi connectivity index (χ0v) is 12.0. The van der Waals surface area contributed by atoms with Gasteiger partial charge in [0.05, 0.1) is 5.69 Å². The second kappa shape index (κ2) is 5.06. The van der Waals surface area contributed by atoms with Gasteiger partial charge in [0.1, 0.15) is 11.4 Å². The third-order valence-electron chi connectivity index (χ3n) is 4.24. The Hall–Kier alpha value is -1.20. The molecule has 1 fully saturated rings. The molecule has 1 aromatic rings. The molecule has 0 bridgehead atoms. The first-order valence-corrected chi connectivity index (χ1v) is 6.77. The largest absolute Gasteiger partial charge is 0.370 e. The number of hydrogen-bond donors (Lipinski definition) is 2. The molecule has 1 aromatic heterocycles. The van der Waals surface area contributed by atoms with Crippen LogP contribution in [0.2, 0.25) is 0 Å². The fraction of sp³-hybridized carbons (Fsp3) is 0.714. The quantitative estimate of drug-likeness (QED) is 0.871. The molecule has 1 aliphatic rings. The summed E-state index contributed by atoms with van der Waals surface area (Å²) in [5.41, 5.74) is 5.89. The molecular weight excluding hydrogens is 242 g/mol. The summed E-state index contributed by atoms with van der Waals surface area (Å²) in [6, 6.07) is 1.44. The predicted molar refractivity (Wildman–Crippen MR) is 73.7 cm³/mol. The highest BCUT2D eigenvalue weighted by Gasteiger charge is 2.41. The van der Waals surface area contributed by atoms with Gasteiger partial charge >= 0.3 is 0 Å². The van der Waals surface area contributed by atoms with Crippen LogP contribution in [0.5, 0.6) is 0 Å². The number of rotatable bonds is 3. The monoisotopic (exact) mass is 265 g/mol. The number of aromatic nitrogens is 2. The van der Waals surface area contributed by atoms with Gasteiger partial charge in [-0.1, -0.05) is 13.8 Å².